The Labute approximate surface area is 247 Å². The average molecular weight is 581 g/mol. The Morgan fingerprint density at radius 1 is 1.10 bits per heavy atom. The number of carbonyl (C=O) groups is 1. The van der Waals surface area contributed by atoms with Gasteiger partial charge < -0.3 is 9.64 Å². The maximum atomic E-state index is 12.7. The minimum Gasteiger partial charge on any atom is -0.462 e. The van der Waals surface area contributed by atoms with Crippen molar-refractivity contribution in [3.63, 3.8) is 0 Å². The molecule has 7 heteroatoms. The Morgan fingerprint density at radius 2 is 1.90 bits per heavy atom. The fourth-order valence-electron chi connectivity index (χ4n) is 8.06. The molecule has 0 radical (unpaired) electrons. The minimum atomic E-state index is -2.26. The number of ether oxygens (including phenoxy) is 1. The van der Waals surface area contributed by atoms with Crippen LogP contribution in [-0.2, 0) is 31.6 Å². The van der Waals surface area contributed by atoms with E-state index in [1.165, 1.54) is 30.4 Å². The minimum absolute atomic E-state index is 0.0271. The monoisotopic (exact) mass is 580 g/mol. The first kappa shape index (κ1) is 30.2. The van der Waals surface area contributed by atoms with Crippen molar-refractivity contribution in [1.82, 2.24) is 4.90 Å². The van der Waals surface area contributed by atoms with Crippen molar-refractivity contribution in [2.24, 2.45) is 23.2 Å². The van der Waals surface area contributed by atoms with E-state index in [4.69, 9.17) is 13.8 Å². The summed E-state index contributed by atoms with van der Waals surface area (Å²) in [5.41, 5.74) is 3.79. The zero-order valence-corrected chi connectivity index (χ0v) is 26.1. The second kappa shape index (κ2) is 13.4. The van der Waals surface area contributed by atoms with E-state index in [1.54, 1.807) is 0 Å². The van der Waals surface area contributed by atoms with E-state index in [0.29, 0.717) is 35.8 Å². The van der Waals surface area contributed by atoms with E-state index in [9.17, 15) is 9.36 Å². The summed E-state index contributed by atoms with van der Waals surface area (Å²) < 4.78 is 30.0. The van der Waals surface area contributed by atoms with Gasteiger partial charge in [0.15, 0.2) is 5.75 Å². The number of hydrogen-bond acceptors (Lipinski definition) is 6. The zero-order chi connectivity index (χ0) is 29.0. The number of fused-ring (bicyclic) bond motifs is 5. The standard InChI is InChI=1S/C34H47NO5P/c1-5-6-12-25-21-26-22-27(40-41(37)38-23-24-10-8-7-9-11-24)13-14-28(26)29-17-19-34(2)30(33(25)29)15-16-31(34)39-32(36)18-20-35(3)4/h7-11,13-14,22,25,29-31,33H,5-6,12,15-21,23H2,1-4H3/q+1/t25-,29-,30+,31+,33-,34+/m1/s1. The van der Waals surface area contributed by atoms with Crippen LogP contribution >= 0.6 is 8.25 Å². The molecule has 0 spiro atoms. The fraction of sp³-hybridized carbons (Fsp3) is 0.618. The highest BCUT2D eigenvalue weighted by Gasteiger charge is 2.58. The van der Waals surface area contributed by atoms with Crippen molar-refractivity contribution in [1.29, 1.82) is 0 Å². The largest absolute Gasteiger partial charge is 0.750 e. The summed E-state index contributed by atoms with van der Waals surface area (Å²) in [4.78, 5) is 14.7. The third kappa shape index (κ3) is 6.87. The predicted octanol–water partition coefficient (Wildman–Crippen LogP) is 8.08. The summed E-state index contributed by atoms with van der Waals surface area (Å²) in [6.07, 6.45) is 9.47. The van der Waals surface area contributed by atoms with E-state index < -0.39 is 8.25 Å². The number of hydrogen-bond donors (Lipinski definition) is 0. The predicted molar refractivity (Wildman–Crippen MR) is 162 cm³/mol. The van der Waals surface area contributed by atoms with Crippen LogP contribution in [0.3, 0.4) is 0 Å². The first-order valence-corrected chi connectivity index (χ1v) is 16.7. The molecule has 0 amide bonds. The SMILES string of the molecule is CCCC[C@@H]1Cc2cc(O[P+](=O)OCc3ccccc3)ccc2[C@H]2CC[C@]3(C)[C@@H](OC(=O)CCN(C)C)CC[C@H]3[C@H]12. The zero-order valence-electron chi connectivity index (χ0n) is 25.2. The van der Waals surface area contributed by atoms with Crippen molar-refractivity contribution in [3.05, 3.63) is 65.2 Å². The van der Waals surface area contributed by atoms with Crippen LogP contribution in [0, 0.1) is 23.2 Å². The summed E-state index contributed by atoms with van der Waals surface area (Å²) in [5, 5.41) is 0. The summed E-state index contributed by atoms with van der Waals surface area (Å²) in [7, 11) is 1.73. The van der Waals surface area contributed by atoms with Crippen molar-refractivity contribution in [2.75, 3.05) is 20.6 Å². The van der Waals surface area contributed by atoms with Gasteiger partial charge in [-0.25, -0.2) is 4.52 Å². The molecule has 7 atom stereocenters. The molecule has 3 aliphatic carbocycles. The number of nitrogens with zero attached hydrogens (tertiary/aromatic N) is 1. The van der Waals surface area contributed by atoms with E-state index in [1.807, 2.05) is 55.4 Å². The molecular weight excluding hydrogens is 533 g/mol. The Kier molecular flexibility index (Phi) is 9.84. The molecule has 2 fully saturated rings. The Bertz CT molecular complexity index is 1200. The van der Waals surface area contributed by atoms with Crippen LogP contribution in [-0.4, -0.2) is 37.6 Å². The first-order chi connectivity index (χ1) is 19.8. The molecule has 0 saturated heterocycles. The third-order valence-electron chi connectivity index (χ3n) is 10.1. The lowest BCUT2D eigenvalue weighted by atomic mass is 9.52. The molecule has 0 aromatic heterocycles. The van der Waals surface area contributed by atoms with Gasteiger partial charge in [-0.15, -0.1) is 4.52 Å². The topological polar surface area (TPSA) is 65.1 Å². The van der Waals surface area contributed by atoms with Crippen molar-refractivity contribution in [3.8, 4) is 5.75 Å². The third-order valence-corrected chi connectivity index (χ3v) is 10.8. The van der Waals surface area contributed by atoms with Gasteiger partial charge in [-0.05, 0) is 105 Å². The highest BCUT2D eigenvalue weighted by Crippen LogP contribution is 2.63. The van der Waals surface area contributed by atoms with Crippen molar-refractivity contribution >= 4 is 14.2 Å². The molecular formula is C34H47NO5P+. The normalized spacial score (nSPS) is 28.9. The molecule has 2 aromatic rings. The van der Waals surface area contributed by atoms with Crippen LogP contribution in [0.25, 0.3) is 0 Å². The van der Waals surface area contributed by atoms with Gasteiger partial charge in [0.25, 0.3) is 0 Å². The number of carbonyl (C=O) groups excluding carboxylic acids is 1. The van der Waals surface area contributed by atoms with Crippen molar-refractivity contribution in [2.45, 2.75) is 90.3 Å². The van der Waals surface area contributed by atoms with Gasteiger partial charge in [0.05, 0.1) is 6.42 Å². The lowest BCUT2D eigenvalue weighted by molar-refractivity contribution is -0.158. The lowest BCUT2D eigenvalue weighted by Crippen LogP contribution is -2.48. The van der Waals surface area contributed by atoms with E-state index in [2.05, 4.69) is 26.0 Å². The van der Waals surface area contributed by atoms with Crippen LogP contribution in [0.4, 0.5) is 0 Å². The highest BCUT2D eigenvalue weighted by atomic mass is 31.1. The summed E-state index contributed by atoms with van der Waals surface area (Å²) >= 11 is 0. The summed E-state index contributed by atoms with van der Waals surface area (Å²) in [6, 6.07) is 16.0. The van der Waals surface area contributed by atoms with E-state index in [-0.39, 0.29) is 24.1 Å². The van der Waals surface area contributed by atoms with Gasteiger partial charge in [-0.1, -0.05) is 63.1 Å². The fourth-order valence-corrected chi connectivity index (χ4v) is 8.66. The van der Waals surface area contributed by atoms with Crippen molar-refractivity contribution < 1.29 is 23.1 Å². The molecule has 5 rings (SSSR count). The van der Waals surface area contributed by atoms with E-state index in [0.717, 1.165) is 44.2 Å². The van der Waals surface area contributed by atoms with E-state index >= 15 is 0 Å². The molecule has 0 bridgehead atoms. The number of benzene rings is 2. The van der Waals surface area contributed by atoms with Gasteiger partial charge >= 0.3 is 14.2 Å². The Balaban J connectivity index is 1.30. The molecule has 0 N–H and O–H groups in total. The molecule has 6 nitrogen and oxygen atoms in total. The number of rotatable bonds is 12. The Morgan fingerprint density at radius 3 is 2.66 bits per heavy atom. The van der Waals surface area contributed by atoms with Crippen LogP contribution < -0.4 is 4.52 Å². The van der Waals surface area contributed by atoms with Gasteiger partial charge in [-0.2, -0.15) is 0 Å². The second-order valence-corrected chi connectivity index (χ2v) is 13.9. The van der Waals surface area contributed by atoms with Crippen LogP contribution in [0.2, 0.25) is 0 Å². The molecule has 0 heterocycles. The molecule has 0 aliphatic heterocycles. The second-order valence-electron chi connectivity index (χ2n) is 13.0. The quantitative estimate of drug-likeness (QED) is 0.187. The maximum Gasteiger partial charge on any atom is 0.750 e. The summed E-state index contributed by atoms with van der Waals surface area (Å²) in [6.45, 7) is 5.66. The lowest BCUT2D eigenvalue weighted by Gasteiger charge is -2.53. The molecule has 2 saturated carbocycles. The van der Waals surface area contributed by atoms with Gasteiger partial charge in [0.1, 0.15) is 12.7 Å². The first-order valence-electron chi connectivity index (χ1n) is 15.6. The number of unbranched alkanes of at least 4 members (excludes halogenated alkanes) is 1. The molecule has 2 aromatic carbocycles. The van der Waals surface area contributed by atoms with Gasteiger partial charge in [-0.3, -0.25) is 4.79 Å². The highest BCUT2D eigenvalue weighted by molar-refractivity contribution is 7.33. The van der Waals surface area contributed by atoms with Gasteiger partial charge in [0, 0.05) is 16.5 Å². The van der Waals surface area contributed by atoms with Gasteiger partial charge in [0.2, 0.25) is 0 Å². The molecule has 222 valence electrons. The number of esters is 1. The average Bonchev–Trinajstić information content (AvgIpc) is 3.29. The molecule has 3 aliphatic rings. The van der Waals surface area contributed by atoms with Crippen LogP contribution in [0.5, 0.6) is 5.75 Å². The summed E-state index contributed by atoms with van der Waals surface area (Å²) in [5.74, 6) is 2.85. The Hall–Kier alpha value is -2.27. The molecule has 1 unspecified atom stereocenters. The molecule has 41 heavy (non-hydrogen) atoms. The maximum absolute atomic E-state index is 12.7. The van der Waals surface area contributed by atoms with Crippen LogP contribution in [0.1, 0.15) is 87.8 Å². The van der Waals surface area contributed by atoms with Crippen LogP contribution in [0.15, 0.2) is 48.5 Å². The smallest absolute Gasteiger partial charge is 0.462 e.